The average Bonchev–Trinajstić information content (AvgIpc) is 3.60. The van der Waals surface area contributed by atoms with Gasteiger partial charge in [0.25, 0.3) is 0 Å². The van der Waals surface area contributed by atoms with Crippen LogP contribution >= 0.6 is 11.3 Å². The van der Waals surface area contributed by atoms with E-state index >= 15 is 0 Å². The Bertz CT molecular complexity index is 2170. The number of aryl methyl sites for hydroxylation is 3. The molecule has 2 aromatic heterocycles. The van der Waals surface area contributed by atoms with E-state index in [1.165, 1.54) is 27.1 Å². The van der Waals surface area contributed by atoms with Gasteiger partial charge in [0.1, 0.15) is 0 Å². The Morgan fingerprint density at radius 1 is 0.733 bits per heavy atom. The Morgan fingerprint density at radius 2 is 1.47 bits per heavy atom. The van der Waals surface area contributed by atoms with Gasteiger partial charge < -0.3 is 19.5 Å². The van der Waals surface area contributed by atoms with E-state index in [1.54, 1.807) is 11.3 Å². The van der Waals surface area contributed by atoms with Gasteiger partial charge in [-0.3, -0.25) is 0 Å². The zero-order chi connectivity index (χ0) is 29.8. The van der Waals surface area contributed by atoms with Crippen LogP contribution in [0.1, 0.15) is 16.7 Å². The van der Waals surface area contributed by atoms with E-state index in [4.69, 9.17) is 4.74 Å². The van der Waals surface area contributed by atoms with E-state index in [2.05, 4.69) is 127 Å². The molecule has 0 N–H and O–H groups in total. The van der Waals surface area contributed by atoms with Crippen molar-refractivity contribution < 1.29 is 25.8 Å². The van der Waals surface area contributed by atoms with Crippen molar-refractivity contribution in [3.05, 3.63) is 145 Å². The molecule has 0 bridgehead atoms. The molecule has 224 valence electrons. The molecule has 0 saturated carbocycles. The molecule has 5 aromatic carbocycles. The van der Waals surface area contributed by atoms with Gasteiger partial charge in [-0.15, -0.1) is 42.2 Å². The third-order valence-corrected chi connectivity index (χ3v) is 9.16. The first-order valence-corrected chi connectivity index (χ1v) is 15.4. The molecule has 0 aliphatic carbocycles. The van der Waals surface area contributed by atoms with E-state index < -0.39 is 0 Å². The summed E-state index contributed by atoms with van der Waals surface area (Å²) in [5.41, 5.74) is 9.83. The molecule has 8 rings (SSSR count). The normalized spacial score (nSPS) is 12.4. The number of aromatic nitrogens is 1. The van der Waals surface area contributed by atoms with E-state index in [-0.39, 0.29) is 21.1 Å². The van der Waals surface area contributed by atoms with Crippen molar-refractivity contribution in [2.24, 2.45) is 0 Å². The molecule has 4 nitrogen and oxygen atoms in total. The summed E-state index contributed by atoms with van der Waals surface area (Å²) in [5.74, 6) is 1.30. The number of thiophene rings is 1. The number of ether oxygens (including phenoxy) is 1. The Balaban J connectivity index is 0.00000325. The molecule has 0 unspecified atom stereocenters. The van der Waals surface area contributed by atoms with Crippen LogP contribution in [0.3, 0.4) is 0 Å². The zero-order valence-electron chi connectivity index (χ0n) is 24.9. The number of rotatable bonds is 5. The molecular formula is C39H28N3OPtS-3. The van der Waals surface area contributed by atoms with Crippen LogP contribution in [0.25, 0.3) is 31.4 Å². The van der Waals surface area contributed by atoms with Crippen LogP contribution in [0.15, 0.2) is 109 Å². The number of hydrogen-bond acceptors (Lipinski definition) is 5. The molecule has 6 heteroatoms. The number of nitrogens with zero attached hydrogens (tertiary/aromatic N) is 3. The van der Waals surface area contributed by atoms with Crippen LogP contribution in [-0.4, -0.2) is 4.98 Å². The molecule has 1 aliphatic heterocycles. The minimum atomic E-state index is 0. The second kappa shape index (κ2) is 11.8. The van der Waals surface area contributed by atoms with Crippen LogP contribution in [0, 0.1) is 39.6 Å². The first-order chi connectivity index (χ1) is 21.5. The van der Waals surface area contributed by atoms with Gasteiger partial charge in [-0.1, -0.05) is 66.2 Å². The molecule has 45 heavy (non-hydrogen) atoms. The largest absolute Gasteiger partial charge is 0.502 e. The summed E-state index contributed by atoms with van der Waals surface area (Å²) in [4.78, 5) is 9.06. The number of anilines is 4. The fraction of sp³-hybridized carbons (Fsp3) is 0.0769. The zero-order valence-corrected chi connectivity index (χ0v) is 28.0. The van der Waals surface area contributed by atoms with Gasteiger partial charge in [0.15, 0.2) is 0 Å². The second-order valence-electron chi connectivity index (χ2n) is 11.2. The van der Waals surface area contributed by atoms with Crippen molar-refractivity contribution in [1.82, 2.24) is 4.98 Å². The average molecular weight is 782 g/mol. The van der Waals surface area contributed by atoms with Crippen molar-refractivity contribution in [2.75, 3.05) is 9.80 Å². The standard InChI is InChI=1S/C39H28N3OS.Pt/c1-25-19-26(2)39(27(3)20-25)42-24-41(33-15-5-6-16-34(33)42)29-11-10-12-30(23-29)43-35-21-28(32-14-8-9-18-40-32)22-37-38(35)31-13-4-7-17-36(31)44-37;/h4-20,22,24H,1-3H3;/q-3;. The molecule has 0 fully saturated rings. The Hall–Kier alpha value is -4.44. The maximum absolute atomic E-state index is 6.68. The summed E-state index contributed by atoms with van der Waals surface area (Å²) in [5, 5.41) is 2.21. The third kappa shape index (κ3) is 5.20. The van der Waals surface area contributed by atoms with Crippen LogP contribution in [0.4, 0.5) is 22.7 Å². The first-order valence-electron chi connectivity index (χ1n) is 14.6. The molecule has 0 spiro atoms. The molecule has 1 aliphatic rings. The predicted molar refractivity (Wildman–Crippen MR) is 182 cm³/mol. The summed E-state index contributed by atoms with van der Waals surface area (Å²) in [7, 11) is 0. The van der Waals surface area contributed by atoms with Gasteiger partial charge in [0.05, 0.1) is 5.75 Å². The van der Waals surface area contributed by atoms with Crippen LogP contribution in [0.5, 0.6) is 11.5 Å². The summed E-state index contributed by atoms with van der Waals surface area (Å²) in [6.45, 7) is 8.66. The molecule has 7 aromatic rings. The van der Waals surface area contributed by atoms with Crippen LogP contribution in [0.2, 0.25) is 0 Å². The number of para-hydroxylation sites is 2. The summed E-state index contributed by atoms with van der Waals surface area (Å²) in [6, 6.07) is 42.7. The molecule has 0 radical (unpaired) electrons. The number of benzene rings is 5. The van der Waals surface area contributed by atoms with Gasteiger partial charge in [-0.2, -0.15) is 17.4 Å². The van der Waals surface area contributed by atoms with Crippen molar-refractivity contribution in [1.29, 1.82) is 0 Å². The second-order valence-corrected chi connectivity index (χ2v) is 12.2. The maximum Gasteiger partial charge on any atom is 0.0511 e. The summed E-state index contributed by atoms with van der Waals surface area (Å²) < 4.78 is 9.03. The van der Waals surface area contributed by atoms with E-state index in [0.29, 0.717) is 11.5 Å². The van der Waals surface area contributed by atoms with Crippen molar-refractivity contribution in [3.63, 3.8) is 0 Å². The maximum atomic E-state index is 6.68. The van der Waals surface area contributed by atoms with Gasteiger partial charge in [0.2, 0.25) is 0 Å². The SMILES string of the molecule is Cc1cc(C)c(N2[CH-]N(c3[c-]c(Oc4[c-]c(-c5ccccn5)cc5sc6ccccc6c45)ccc3)c3ccccc32)c(C)c1.[Pt]. The predicted octanol–water partition coefficient (Wildman–Crippen LogP) is 10.8. The quantitative estimate of drug-likeness (QED) is 0.163. The Labute approximate surface area is 281 Å². The van der Waals surface area contributed by atoms with E-state index in [1.807, 2.05) is 36.5 Å². The topological polar surface area (TPSA) is 28.6 Å². The van der Waals surface area contributed by atoms with Crippen LogP contribution < -0.4 is 14.5 Å². The van der Waals surface area contributed by atoms with Gasteiger partial charge >= 0.3 is 0 Å². The minimum absolute atomic E-state index is 0. The number of hydrogen-bond donors (Lipinski definition) is 0. The first kappa shape index (κ1) is 29.3. The molecule has 0 atom stereocenters. The van der Waals surface area contributed by atoms with Gasteiger partial charge in [-0.05, 0) is 77.3 Å². The smallest absolute Gasteiger partial charge is 0.0511 e. The Morgan fingerprint density at radius 3 is 2.24 bits per heavy atom. The summed E-state index contributed by atoms with van der Waals surface area (Å²) in [6.07, 6.45) is 1.81. The molecule has 0 saturated heterocycles. The fourth-order valence-electron chi connectivity index (χ4n) is 6.27. The molecule has 3 heterocycles. The summed E-state index contributed by atoms with van der Waals surface area (Å²) >= 11 is 1.76. The number of fused-ring (bicyclic) bond motifs is 4. The van der Waals surface area contributed by atoms with Gasteiger partial charge in [0, 0.05) is 54.8 Å². The van der Waals surface area contributed by atoms with Crippen molar-refractivity contribution in [3.8, 4) is 22.8 Å². The van der Waals surface area contributed by atoms with Crippen LogP contribution in [-0.2, 0) is 21.1 Å². The Kier molecular flexibility index (Phi) is 7.69. The number of pyridine rings is 1. The van der Waals surface area contributed by atoms with Crippen molar-refractivity contribution in [2.45, 2.75) is 20.8 Å². The van der Waals surface area contributed by atoms with E-state index in [9.17, 15) is 0 Å². The monoisotopic (exact) mass is 781 g/mol. The van der Waals surface area contributed by atoms with E-state index in [0.717, 1.165) is 43.8 Å². The third-order valence-electron chi connectivity index (χ3n) is 8.05. The van der Waals surface area contributed by atoms with Crippen molar-refractivity contribution >= 4 is 54.3 Å². The molecular weight excluding hydrogens is 754 g/mol. The fourth-order valence-corrected chi connectivity index (χ4v) is 7.41. The minimum Gasteiger partial charge on any atom is -0.502 e. The van der Waals surface area contributed by atoms with Gasteiger partial charge in [-0.25, -0.2) is 0 Å². The molecule has 0 amide bonds.